The Bertz CT molecular complexity index is 187. The molecule has 0 radical (unpaired) electrons. The molecule has 54 valence electrons. The highest BCUT2D eigenvalue weighted by atomic mass is 80.0. The molecule has 0 saturated heterocycles. The number of rotatable bonds is 2. The van der Waals surface area contributed by atoms with Crippen molar-refractivity contribution in [2.45, 2.75) is 0 Å². The van der Waals surface area contributed by atoms with Crippen molar-refractivity contribution in [3.63, 3.8) is 0 Å². The van der Waals surface area contributed by atoms with Crippen LogP contribution in [0.1, 0.15) is 0 Å². The minimum atomic E-state index is -3.11. The normalized spacial score (nSPS) is 9.90. The van der Waals surface area contributed by atoms with Gasteiger partial charge in [0.25, 0.3) is 0 Å². The lowest BCUT2D eigenvalue weighted by molar-refractivity contribution is -1.62. The Hall–Kier alpha value is -0.580. The molecule has 10 heavy (non-hydrogen) atoms. The Morgan fingerprint density at radius 1 is 1.10 bits per heavy atom. The van der Waals surface area contributed by atoms with Gasteiger partial charge in [0.05, 0.1) is 0 Å². The van der Waals surface area contributed by atoms with E-state index in [4.69, 9.17) is 0 Å². The summed E-state index contributed by atoms with van der Waals surface area (Å²) in [4.78, 5) is 0. The van der Waals surface area contributed by atoms with E-state index in [1.165, 1.54) is 0 Å². The zero-order chi connectivity index (χ0) is 7.40. The first-order valence-corrected chi connectivity index (χ1v) is 4.52. The summed E-state index contributed by atoms with van der Waals surface area (Å²) in [5, 5.41) is 0. The largest absolute Gasteiger partial charge is 0.501 e. The van der Waals surface area contributed by atoms with Crippen LogP contribution in [0.4, 0.5) is 0 Å². The van der Waals surface area contributed by atoms with Gasteiger partial charge < -0.3 is 8.40 Å². The van der Waals surface area contributed by atoms with E-state index in [0.29, 0.717) is 5.75 Å². The summed E-state index contributed by atoms with van der Waals surface area (Å²) >= 11 is -3.11. The third kappa shape index (κ3) is 2.34. The monoisotopic (exact) mass is 204 g/mol. The number of hydrogen-bond donors (Lipinski definition) is 0. The number of halogens is 1. The molecule has 0 atom stereocenters. The fourth-order valence-electron chi connectivity index (χ4n) is 0.545. The molecule has 4 heteroatoms. The Kier molecular flexibility index (Phi) is 2.68. The predicted octanol–water partition coefficient (Wildman–Crippen LogP) is -0.848. The van der Waals surface area contributed by atoms with Crippen molar-refractivity contribution in [3.05, 3.63) is 30.3 Å². The highest BCUT2D eigenvalue weighted by Crippen LogP contribution is 2.08. The van der Waals surface area contributed by atoms with Crippen LogP contribution in [-0.2, 0) is 0 Å². The standard InChI is InChI=1S/C6H5BrO3/c8-7(9)10-6-4-2-1-3-5-6/h1-5H. The second-order valence-electron chi connectivity index (χ2n) is 1.58. The highest BCUT2D eigenvalue weighted by Gasteiger charge is 2.10. The molecule has 0 heterocycles. The van der Waals surface area contributed by atoms with Crippen molar-refractivity contribution in [1.82, 2.24) is 0 Å². The van der Waals surface area contributed by atoms with Gasteiger partial charge in [0.15, 0.2) is 0 Å². The van der Waals surface area contributed by atoms with Gasteiger partial charge in [0, 0.05) is 0 Å². The molecule has 0 unspecified atom stereocenters. The van der Waals surface area contributed by atoms with Gasteiger partial charge in [-0.2, -0.15) is 0 Å². The Balaban J connectivity index is 2.59. The second-order valence-corrected chi connectivity index (χ2v) is 2.70. The number of hydrogen-bond acceptors (Lipinski definition) is 3. The van der Waals surface area contributed by atoms with Crippen molar-refractivity contribution in [2.24, 2.45) is 0 Å². The maximum Gasteiger partial charge on any atom is 0.501 e. The minimum Gasteiger partial charge on any atom is -0.361 e. The molecule has 0 aliphatic rings. The number of para-hydroxylation sites is 1. The molecule has 0 N–H and O–H groups in total. The van der Waals surface area contributed by atoms with Gasteiger partial charge in [-0.3, -0.25) is 0 Å². The smallest absolute Gasteiger partial charge is 0.361 e. The zero-order valence-corrected chi connectivity index (χ0v) is 6.58. The zero-order valence-electron chi connectivity index (χ0n) is 4.99. The van der Waals surface area contributed by atoms with E-state index >= 15 is 0 Å². The van der Waals surface area contributed by atoms with Crippen molar-refractivity contribution in [1.29, 1.82) is 0 Å². The van der Waals surface area contributed by atoms with Crippen LogP contribution in [0.15, 0.2) is 30.3 Å². The van der Waals surface area contributed by atoms with Gasteiger partial charge in [-0.15, -0.1) is 3.83 Å². The van der Waals surface area contributed by atoms with E-state index in [1.807, 2.05) is 0 Å². The van der Waals surface area contributed by atoms with Gasteiger partial charge in [-0.1, -0.05) is 18.2 Å². The van der Waals surface area contributed by atoms with Crippen LogP contribution < -0.4 is 12.2 Å². The SMILES string of the molecule is [O-][Br+2]([O-])Oc1ccccc1. The first-order chi connectivity index (χ1) is 4.79. The third-order valence-corrected chi connectivity index (χ3v) is 1.53. The Morgan fingerprint density at radius 3 is 2.20 bits per heavy atom. The number of benzene rings is 1. The predicted molar refractivity (Wildman–Crippen MR) is 27.1 cm³/mol. The summed E-state index contributed by atoms with van der Waals surface area (Å²) in [5.74, 6) is 0.363. The van der Waals surface area contributed by atoms with Gasteiger partial charge in [-0.05, 0) is 12.1 Å². The van der Waals surface area contributed by atoms with E-state index in [2.05, 4.69) is 3.83 Å². The highest BCUT2D eigenvalue weighted by molar-refractivity contribution is 5.19. The van der Waals surface area contributed by atoms with Gasteiger partial charge in [0.1, 0.15) is 0 Å². The van der Waals surface area contributed by atoms with Crippen LogP contribution >= 0.6 is 0 Å². The van der Waals surface area contributed by atoms with E-state index < -0.39 is 14.8 Å². The van der Waals surface area contributed by atoms with E-state index in [1.54, 1.807) is 30.3 Å². The van der Waals surface area contributed by atoms with Crippen LogP contribution in [0.3, 0.4) is 0 Å². The molecular weight excluding hydrogens is 200 g/mol. The molecule has 1 aromatic carbocycles. The lowest BCUT2D eigenvalue weighted by Crippen LogP contribution is -2.36. The van der Waals surface area contributed by atoms with Crippen molar-refractivity contribution in [3.8, 4) is 5.75 Å². The van der Waals surface area contributed by atoms with Crippen molar-refractivity contribution >= 4 is 0 Å². The minimum absolute atomic E-state index is 0.363. The fraction of sp³-hybridized carbons (Fsp3) is 0. The molecule has 0 aromatic heterocycles. The molecule has 0 bridgehead atoms. The van der Waals surface area contributed by atoms with Crippen LogP contribution in [-0.4, -0.2) is 0 Å². The topological polar surface area (TPSA) is 55.3 Å². The molecular formula is C6H5BrO3. The molecule has 0 aliphatic heterocycles. The maximum atomic E-state index is 10.0. The molecule has 0 spiro atoms. The van der Waals surface area contributed by atoms with Gasteiger partial charge >= 0.3 is 14.8 Å². The molecule has 1 aromatic rings. The molecule has 0 saturated carbocycles. The quantitative estimate of drug-likeness (QED) is 0.631. The molecule has 0 fully saturated rings. The van der Waals surface area contributed by atoms with Crippen molar-refractivity contribution in [2.75, 3.05) is 0 Å². The van der Waals surface area contributed by atoms with E-state index in [-0.39, 0.29) is 0 Å². The van der Waals surface area contributed by atoms with Gasteiger partial charge in [0.2, 0.25) is 5.75 Å². The average Bonchev–Trinajstić information content (AvgIpc) is 1.88. The Labute approximate surface area is 63.7 Å². The lowest BCUT2D eigenvalue weighted by atomic mass is 10.3. The van der Waals surface area contributed by atoms with Crippen LogP contribution in [0.2, 0.25) is 0 Å². The average molecular weight is 205 g/mol. The molecule has 3 nitrogen and oxygen atoms in total. The Morgan fingerprint density at radius 2 is 1.70 bits per heavy atom. The lowest BCUT2D eigenvalue weighted by Gasteiger charge is -1.91. The first kappa shape index (κ1) is 7.53. The van der Waals surface area contributed by atoms with Crippen LogP contribution in [0.5, 0.6) is 5.75 Å². The molecule has 0 amide bonds. The summed E-state index contributed by atoms with van der Waals surface area (Å²) in [6.07, 6.45) is 0. The summed E-state index contributed by atoms with van der Waals surface area (Å²) < 4.78 is 24.5. The molecule has 1 rings (SSSR count). The summed E-state index contributed by atoms with van der Waals surface area (Å²) in [6.45, 7) is 0. The maximum absolute atomic E-state index is 10.0. The third-order valence-electron chi connectivity index (χ3n) is 0.895. The fourth-order valence-corrected chi connectivity index (χ4v) is 1.07. The second kappa shape index (κ2) is 3.55. The van der Waals surface area contributed by atoms with Crippen LogP contribution in [0.25, 0.3) is 0 Å². The van der Waals surface area contributed by atoms with E-state index in [0.717, 1.165) is 0 Å². The van der Waals surface area contributed by atoms with Crippen LogP contribution in [0, 0.1) is 14.8 Å². The first-order valence-electron chi connectivity index (χ1n) is 2.58. The van der Waals surface area contributed by atoms with E-state index in [9.17, 15) is 8.40 Å². The van der Waals surface area contributed by atoms with Gasteiger partial charge in [-0.25, -0.2) is 0 Å². The summed E-state index contributed by atoms with van der Waals surface area (Å²) in [7, 11) is 0. The van der Waals surface area contributed by atoms with Crippen molar-refractivity contribution < 1.29 is 27.0 Å². The summed E-state index contributed by atoms with van der Waals surface area (Å²) in [6, 6.07) is 8.37. The molecule has 0 aliphatic carbocycles. The summed E-state index contributed by atoms with van der Waals surface area (Å²) in [5.41, 5.74) is 0.